The van der Waals surface area contributed by atoms with E-state index in [1.807, 2.05) is 0 Å². The topological polar surface area (TPSA) is 9.23 Å². The van der Waals surface area contributed by atoms with Crippen molar-refractivity contribution in [3.8, 4) is 0 Å². The SMILES string of the molecule is CO[Si](Cl)(CC(C)C)CC(C)C. The summed E-state index contributed by atoms with van der Waals surface area (Å²) >= 11 is 6.43. The number of hydrogen-bond donors (Lipinski definition) is 0. The van der Waals surface area contributed by atoms with Gasteiger partial charge in [0.05, 0.1) is 0 Å². The third-order valence-corrected chi connectivity index (χ3v) is 6.76. The van der Waals surface area contributed by atoms with E-state index in [9.17, 15) is 0 Å². The molecule has 0 N–H and O–H groups in total. The average molecular weight is 209 g/mol. The summed E-state index contributed by atoms with van der Waals surface area (Å²) in [5, 5.41) is 0. The molecule has 0 aliphatic heterocycles. The van der Waals surface area contributed by atoms with Crippen LogP contribution in [0.15, 0.2) is 0 Å². The van der Waals surface area contributed by atoms with Gasteiger partial charge in [0.1, 0.15) is 0 Å². The van der Waals surface area contributed by atoms with Crippen LogP contribution in [0.25, 0.3) is 0 Å². The third-order valence-electron chi connectivity index (χ3n) is 1.79. The molecule has 0 bridgehead atoms. The molecule has 0 aliphatic carbocycles. The molecule has 0 radical (unpaired) electrons. The largest absolute Gasteiger partial charge is 0.406 e. The second kappa shape index (κ2) is 5.25. The van der Waals surface area contributed by atoms with Gasteiger partial charge in [-0.25, -0.2) is 0 Å². The second-order valence-corrected chi connectivity index (χ2v) is 9.34. The Morgan fingerprint density at radius 1 is 1.08 bits per heavy atom. The molecule has 0 saturated heterocycles. The maximum atomic E-state index is 6.43. The van der Waals surface area contributed by atoms with Crippen molar-refractivity contribution >= 4 is 18.7 Å². The minimum Gasteiger partial charge on any atom is -0.406 e. The van der Waals surface area contributed by atoms with Gasteiger partial charge in [-0.2, -0.15) is 0 Å². The molecule has 1 nitrogen and oxygen atoms in total. The quantitative estimate of drug-likeness (QED) is 0.496. The highest BCUT2D eigenvalue weighted by molar-refractivity contribution is 7.16. The standard InChI is InChI=1S/C9H21ClOSi/c1-8(2)6-12(10,11-5)7-9(3)4/h8-9H,6-7H2,1-5H3. The fourth-order valence-electron chi connectivity index (χ4n) is 1.47. The van der Waals surface area contributed by atoms with Crippen molar-refractivity contribution in [1.29, 1.82) is 0 Å². The summed E-state index contributed by atoms with van der Waals surface area (Å²) in [6.07, 6.45) is 0. The first-order valence-electron chi connectivity index (χ1n) is 4.63. The monoisotopic (exact) mass is 208 g/mol. The Kier molecular flexibility index (Phi) is 5.46. The number of hydrogen-bond acceptors (Lipinski definition) is 1. The zero-order chi connectivity index (χ0) is 9.78. The summed E-state index contributed by atoms with van der Waals surface area (Å²) in [6.45, 7) is 8.79. The molecule has 0 saturated carbocycles. The molecular formula is C9H21ClOSi. The maximum Gasteiger partial charge on any atom is 0.290 e. The summed E-state index contributed by atoms with van der Waals surface area (Å²) in [5.41, 5.74) is 0. The highest BCUT2D eigenvalue weighted by atomic mass is 35.6. The van der Waals surface area contributed by atoms with E-state index in [1.165, 1.54) is 0 Å². The molecule has 0 unspecified atom stereocenters. The average Bonchev–Trinajstić information content (AvgIpc) is 1.83. The van der Waals surface area contributed by atoms with Crippen LogP contribution in [0, 0.1) is 11.8 Å². The van der Waals surface area contributed by atoms with E-state index in [4.69, 9.17) is 15.5 Å². The molecule has 0 aromatic heterocycles. The van der Waals surface area contributed by atoms with Gasteiger partial charge < -0.3 is 4.43 Å². The van der Waals surface area contributed by atoms with Gasteiger partial charge >= 0.3 is 0 Å². The van der Waals surface area contributed by atoms with E-state index in [1.54, 1.807) is 7.11 Å². The minimum atomic E-state index is -1.88. The molecule has 74 valence electrons. The number of halogens is 1. The van der Waals surface area contributed by atoms with E-state index < -0.39 is 7.63 Å². The summed E-state index contributed by atoms with van der Waals surface area (Å²) in [6, 6.07) is 2.12. The zero-order valence-electron chi connectivity index (χ0n) is 8.86. The molecule has 0 aliphatic rings. The van der Waals surface area contributed by atoms with E-state index in [2.05, 4.69) is 27.7 Å². The van der Waals surface area contributed by atoms with Crippen LogP contribution in [0.2, 0.25) is 12.1 Å². The lowest BCUT2D eigenvalue weighted by atomic mass is 10.3. The Bertz CT molecular complexity index is 116. The van der Waals surface area contributed by atoms with Crippen LogP contribution in [0.1, 0.15) is 27.7 Å². The Morgan fingerprint density at radius 2 is 1.42 bits per heavy atom. The zero-order valence-corrected chi connectivity index (χ0v) is 10.6. The van der Waals surface area contributed by atoms with Crippen LogP contribution in [0.4, 0.5) is 0 Å². The summed E-state index contributed by atoms with van der Waals surface area (Å²) < 4.78 is 5.46. The molecule has 0 amide bonds. The molecule has 0 rings (SSSR count). The molecule has 0 fully saturated rings. The first-order chi connectivity index (χ1) is 5.39. The molecule has 0 spiro atoms. The van der Waals surface area contributed by atoms with Crippen molar-refractivity contribution in [2.24, 2.45) is 11.8 Å². The number of rotatable bonds is 5. The summed E-state index contributed by atoms with van der Waals surface area (Å²) in [7, 11) is -0.123. The predicted molar refractivity (Wildman–Crippen MR) is 57.9 cm³/mol. The van der Waals surface area contributed by atoms with Crippen molar-refractivity contribution < 1.29 is 4.43 Å². The smallest absolute Gasteiger partial charge is 0.290 e. The Morgan fingerprint density at radius 3 is 1.58 bits per heavy atom. The van der Waals surface area contributed by atoms with E-state index >= 15 is 0 Å². The highest BCUT2D eigenvalue weighted by Gasteiger charge is 2.33. The fraction of sp³-hybridized carbons (Fsp3) is 1.00. The lowest BCUT2D eigenvalue weighted by molar-refractivity contribution is 0.394. The van der Waals surface area contributed by atoms with Gasteiger partial charge in [-0.05, 0) is 23.9 Å². The van der Waals surface area contributed by atoms with Gasteiger partial charge in [0.25, 0.3) is 7.63 Å². The van der Waals surface area contributed by atoms with E-state index in [-0.39, 0.29) is 0 Å². The third kappa shape index (κ3) is 5.17. The summed E-state index contributed by atoms with van der Waals surface area (Å²) in [4.78, 5) is 0. The molecule has 0 aromatic carbocycles. The van der Waals surface area contributed by atoms with Crippen LogP contribution in [0.5, 0.6) is 0 Å². The molecule has 12 heavy (non-hydrogen) atoms. The Balaban J connectivity index is 4.04. The Hall–Kier alpha value is 0.467. The predicted octanol–water partition coefficient (Wildman–Crippen LogP) is 3.63. The van der Waals surface area contributed by atoms with Gasteiger partial charge in [0.15, 0.2) is 0 Å². The molecule has 0 heterocycles. The molecular weight excluding hydrogens is 188 g/mol. The van der Waals surface area contributed by atoms with Crippen LogP contribution < -0.4 is 0 Å². The van der Waals surface area contributed by atoms with Crippen molar-refractivity contribution in [2.45, 2.75) is 39.8 Å². The molecule has 0 aromatic rings. The highest BCUT2D eigenvalue weighted by Crippen LogP contribution is 2.29. The summed E-state index contributed by atoms with van der Waals surface area (Å²) in [5.74, 6) is 1.29. The van der Waals surface area contributed by atoms with E-state index in [0.29, 0.717) is 11.8 Å². The first kappa shape index (κ1) is 12.5. The van der Waals surface area contributed by atoms with Gasteiger partial charge in [-0.15, -0.1) is 11.1 Å². The molecule has 3 heteroatoms. The van der Waals surface area contributed by atoms with Crippen molar-refractivity contribution in [1.82, 2.24) is 0 Å². The fourth-order valence-corrected chi connectivity index (χ4v) is 6.26. The second-order valence-electron chi connectivity index (χ2n) is 4.28. The van der Waals surface area contributed by atoms with E-state index in [0.717, 1.165) is 12.1 Å². The normalized spacial score (nSPS) is 13.0. The van der Waals surface area contributed by atoms with Gasteiger partial charge in [0.2, 0.25) is 0 Å². The van der Waals surface area contributed by atoms with Crippen LogP contribution in [-0.2, 0) is 4.43 Å². The minimum absolute atomic E-state index is 0.646. The van der Waals surface area contributed by atoms with Crippen molar-refractivity contribution in [2.75, 3.05) is 7.11 Å². The van der Waals surface area contributed by atoms with Gasteiger partial charge in [0, 0.05) is 7.11 Å². The van der Waals surface area contributed by atoms with Crippen LogP contribution >= 0.6 is 11.1 Å². The van der Waals surface area contributed by atoms with Crippen molar-refractivity contribution in [3.63, 3.8) is 0 Å². The van der Waals surface area contributed by atoms with Crippen LogP contribution in [-0.4, -0.2) is 14.7 Å². The molecule has 0 atom stereocenters. The van der Waals surface area contributed by atoms with Gasteiger partial charge in [-0.1, -0.05) is 27.7 Å². The maximum absolute atomic E-state index is 6.43. The first-order valence-corrected chi connectivity index (χ1v) is 7.97. The van der Waals surface area contributed by atoms with Gasteiger partial charge in [-0.3, -0.25) is 0 Å². The van der Waals surface area contributed by atoms with Crippen molar-refractivity contribution in [3.05, 3.63) is 0 Å². The lowest BCUT2D eigenvalue weighted by Crippen LogP contribution is -2.33. The van der Waals surface area contributed by atoms with Crippen LogP contribution in [0.3, 0.4) is 0 Å². The lowest BCUT2D eigenvalue weighted by Gasteiger charge is -2.25. The Labute approximate surface area is 82.3 Å².